The molecule has 3 aliphatic carbocycles. The third-order valence-corrected chi connectivity index (χ3v) is 13.8. The number of unbranched alkanes of at least 4 members (excludes halogenated alkanes) is 1. The zero-order valence-electron chi connectivity index (χ0n) is 31.8. The minimum atomic E-state index is -1.36. The van der Waals surface area contributed by atoms with E-state index in [4.69, 9.17) is 16.2 Å². The molecule has 9 atom stereocenters. The van der Waals surface area contributed by atoms with Gasteiger partial charge in [0.2, 0.25) is 5.91 Å². The standard InChI is InChI=1S/C30H51NO4.C10H17N3O2S/c1-21(9-6-15-28(3,4)33)25-13-14-26-23(10-7-16-29(25,26)5)11-12-24-19-30(34,35-18-8-17-31)20-27(32)22(24)2;11-8(14)4-2-1-3-7-9-6(5-16-7)12-10(15)13-9/h11-12,21,25-27,32-34H,2,6-10,13-20,31H2,1,3-5H3;6-7,9H,1-5H2,(H2,11,14)(H2,12,13,15)/b23-11?,24-12-;/t21-,25-,26?,27?,29-,30+;6-,7-,9-/m10/s1. The first-order valence-corrected chi connectivity index (χ1v) is 20.6. The number of amides is 3. The fourth-order valence-corrected chi connectivity index (χ4v) is 11.1. The number of carbonyl (C=O) groups is 2. The van der Waals surface area contributed by atoms with Gasteiger partial charge in [0, 0.05) is 30.3 Å². The molecule has 2 unspecified atom stereocenters. The van der Waals surface area contributed by atoms with Gasteiger partial charge in [-0.1, -0.05) is 57.4 Å². The summed E-state index contributed by atoms with van der Waals surface area (Å²) in [7, 11) is 0. The smallest absolute Gasteiger partial charge is 0.315 e. The van der Waals surface area contributed by atoms with Crippen molar-refractivity contribution in [3.8, 4) is 0 Å². The van der Waals surface area contributed by atoms with Gasteiger partial charge in [-0.15, -0.1) is 0 Å². The highest BCUT2D eigenvalue weighted by atomic mass is 32.2. The number of aliphatic hydroxyl groups excluding tert-OH is 1. The molecule has 5 aliphatic rings. The summed E-state index contributed by atoms with van der Waals surface area (Å²) < 4.78 is 5.73. The second-order valence-corrected chi connectivity index (χ2v) is 18.2. The molecule has 290 valence electrons. The minimum absolute atomic E-state index is 0.0440. The first kappa shape index (κ1) is 41.9. The lowest BCUT2D eigenvalue weighted by Crippen LogP contribution is -2.42. The Hall–Kier alpha value is -1.89. The highest BCUT2D eigenvalue weighted by Gasteiger charge is 2.50. The number of primary amides is 1. The van der Waals surface area contributed by atoms with Crippen LogP contribution in [0.3, 0.4) is 0 Å². The number of nitrogens with one attached hydrogen (secondary N) is 2. The number of fused-ring (bicyclic) bond motifs is 2. The van der Waals surface area contributed by atoms with Crippen LogP contribution in [0.2, 0.25) is 0 Å². The molecule has 3 amide bonds. The average Bonchev–Trinajstić information content (AvgIpc) is 3.72. The monoisotopic (exact) mass is 732 g/mol. The average molecular weight is 733 g/mol. The maximum absolute atomic E-state index is 11.1. The van der Waals surface area contributed by atoms with Gasteiger partial charge in [0.05, 0.1) is 30.4 Å². The maximum Gasteiger partial charge on any atom is 0.315 e. The summed E-state index contributed by atoms with van der Waals surface area (Å²) in [5.74, 6) is 1.38. The molecule has 11 heteroatoms. The van der Waals surface area contributed by atoms with Crippen LogP contribution in [-0.4, -0.2) is 81.0 Å². The van der Waals surface area contributed by atoms with Crippen molar-refractivity contribution >= 4 is 23.7 Å². The molecule has 0 aromatic rings. The number of hydrogen-bond acceptors (Lipinski definition) is 8. The lowest BCUT2D eigenvalue weighted by Gasteiger charge is -2.44. The lowest BCUT2D eigenvalue weighted by molar-refractivity contribution is -0.220. The van der Waals surface area contributed by atoms with E-state index in [1.54, 1.807) is 0 Å². The molecule has 0 bridgehead atoms. The molecular weight excluding hydrogens is 665 g/mol. The fraction of sp³-hybridized carbons (Fsp3) is 0.800. The second kappa shape index (κ2) is 18.4. The summed E-state index contributed by atoms with van der Waals surface area (Å²) in [6.45, 7) is 13.8. The lowest BCUT2D eigenvalue weighted by atomic mass is 9.60. The van der Waals surface area contributed by atoms with E-state index in [1.165, 1.54) is 37.7 Å². The van der Waals surface area contributed by atoms with E-state index >= 15 is 0 Å². The minimum Gasteiger partial charge on any atom is -0.390 e. The first-order chi connectivity index (χ1) is 24.0. The van der Waals surface area contributed by atoms with Crippen molar-refractivity contribution in [1.29, 1.82) is 0 Å². The summed E-state index contributed by atoms with van der Waals surface area (Å²) in [5.41, 5.74) is 13.5. The van der Waals surface area contributed by atoms with Crippen LogP contribution < -0.4 is 22.1 Å². The second-order valence-electron chi connectivity index (χ2n) is 16.9. The van der Waals surface area contributed by atoms with Gasteiger partial charge in [-0.3, -0.25) is 4.79 Å². The molecule has 0 aromatic carbocycles. The van der Waals surface area contributed by atoms with Crippen molar-refractivity contribution in [2.75, 3.05) is 18.9 Å². The molecule has 5 fully saturated rings. The van der Waals surface area contributed by atoms with Gasteiger partial charge >= 0.3 is 6.03 Å². The van der Waals surface area contributed by atoms with E-state index in [0.717, 1.165) is 55.8 Å². The number of nitrogens with two attached hydrogens (primary N) is 2. The summed E-state index contributed by atoms with van der Waals surface area (Å²) >= 11 is 1.90. The quantitative estimate of drug-likeness (QED) is 0.0646. The number of hydrogen-bond donors (Lipinski definition) is 7. The molecule has 10 nitrogen and oxygen atoms in total. The Kier molecular flexibility index (Phi) is 15.1. The van der Waals surface area contributed by atoms with E-state index < -0.39 is 17.5 Å². The van der Waals surface area contributed by atoms with Gasteiger partial charge in [-0.05, 0) is 112 Å². The number of aliphatic hydroxyl groups is 3. The Morgan fingerprint density at radius 1 is 1.20 bits per heavy atom. The van der Waals surface area contributed by atoms with Crippen LogP contribution in [0.5, 0.6) is 0 Å². The number of ether oxygens (including phenoxy) is 1. The van der Waals surface area contributed by atoms with Gasteiger partial charge in [-0.25, -0.2) is 4.79 Å². The molecule has 0 aromatic heterocycles. The molecule has 0 radical (unpaired) electrons. The van der Waals surface area contributed by atoms with Crippen molar-refractivity contribution < 1.29 is 29.6 Å². The van der Waals surface area contributed by atoms with Gasteiger partial charge in [0.25, 0.3) is 0 Å². The van der Waals surface area contributed by atoms with Crippen LogP contribution in [-0.2, 0) is 9.53 Å². The van der Waals surface area contributed by atoms with Crippen LogP contribution in [0, 0.1) is 23.2 Å². The molecule has 3 saturated carbocycles. The van der Waals surface area contributed by atoms with E-state index in [9.17, 15) is 24.9 Å². The van der Waals surface area contributed by atoms with Crippen LogP contribution >= 0.6 is 11.8 Å². The van der Waals surface area contributed by atoms with E-state index in [1.807, 2.05) is 25.6 Å². The number of carbonyl (C=O) groups excluding carboxylic acids is 2. The van der Waals surface area contributed by atoms with E-state index in [0.29, 0.717) is 66.5 Å². The summed E-state index contributed by atoms with van der Waals surface area (Å²) in [4.78, 5) is 21.7. The van der Waals surface area contributed by atoms with Crippen molar-refractivity contribution in [1.82, 2.24) is 10.6 Å². The zero-order chi connectivity index (χ0) is 37.4. The number of thioether (sulfide) groups is 1. The van der Waals surface area contributed by atoms with Gasteiger partial charge in [0.1, 0.15) is 0 Å². The SMILES string of the molecule is C=C1/C(=C\C=C2CCC[C@@]3(C)C2CC[C@@H]3[C@H](C)CCCC(C)(C)O)C[C@](O)(OCCCN)CC1O.NC(=O)CCCC[C@@H]1SC[C@@H]2NC(=O)N[C@@H]21. The predicted octanol–water partition coefficient (Wildman–Crippen LogP) is 5.60. The third-order valence-electron chi connectivity index (χ3n) is 12.3. The fourth-order valence-electron chi connectivity index (χ4n) is 9.51. The van der Waals surface area contributed by atoms with E-state index in [2.05, 4.69) is 43.2 Å². The largest absolute Gasteiger partial charge is 0.390 e. The van der Waals surface area contributed by atoms with Crippen molar-refractivity contribution in [2.45, 2.75) is 159 Å². The number of allylic oxidation sites excluding steroid dienone is 3. The highest BCUT2D eigenvalue weighted by molar-refractivity contribution is 8.00. The molecule has 2 aliphatic heterocycles. The summed E-state index contributed by atoms with van der Waals surface area (Å²) in [6.07, 6.45) is 17.4. The van der Waals surface area contributed by atoms with Crippen molar-refractivity contribution in [3.05, 3.63) is 35.5 Å². The predicted molar refractivity (Wildman–Crippen MR) is 206 cm³/mol. The van der Waals surface area contributed by atoms with Crippen LogP contribution in [0.25, 0.3) is 0 Å². The zero-order valence-corrected chi connectivity index (χ0v) is 32.6. The number of rotatable bonds is 15. The topological polar surface area (TPSA) is 180 Å². The normalized spacial score (nSPS) is 35.5. The summed E-state index contributed by atoms with van der Waals surface area (Å²) in [5, 5.41) is 37.9. The number of urea groups is 1. The molecule has 2 heterocycles. The van der Waals surface area contributed by atoms with Gasteiger partial charge in [0.15, 0.2) is 5.79 Å². The molecule has 2 saturated heterocycles. The molecule has 9 N–H and O–H groups in total. The molecular formula is C40H68N4O6S. The third kappa shape index (κ3) is 11.5. The Labute approximate surface area is 311 Å². The Bertz CT molecular complexity index is 1270. The van der Waals surface area contributed by atoms with Crippen LogP contribution in [0.1, 0.15) is 124 Å². The Morgan fingerprint density at radius 3 is 2.67 bits per heavy atom. The van der Waals surface area contributed by atoms with Crippen molar-refractivity contribution in [2.24, 2.45) is 34.6 Å². The highest BCUT2D eigenvalue weighted by Crippen LogP contribution is 2.60. The molecule has 0 spiro atoms. The summed E-state index contributed by atoms with van der Waals surface area (Å²) in [6, 6.07) is 0.516. The van der Waals surface area contributed by atoms with Gasteiger partial charge < -0.3 is 42.2 Å². The molecule has 5 rings (SSSR count). The Morgan fingerprint density at radius 2 is 1.96 bits per heavy atom. The van der Waals surface area contributed by atoms with E-state index in [-0.39, 0.29) is 24.4 Å². The maximum atomic E-state index is 11.1. The van der Waals surface area contributed by atoms with Gasteiger partial charge in [-0.2, -0.15) is 11.8 Å². The van der Waals surface area contributed by atoms with Crippen molar-refractivity contribution in [3.63, 3.8) is 0 Å². The van der Waals surface area contributed by atoms with Crippen LogP contribution in [0.4, 0.5) is 4.79 Å². The Balaban J connectivity index is 0.000000302. The first-order valence-electron chi connectivity index (χ1n) is 19.6. The van der Waals surface area contributed by atoms with Crippen LogP contribution in [0.15, 0.2) is 35.5 Å². The molecule has 51 heavy (non-hydrogen) atoms.